The molecule has 4 aromatic heterocycles. The Bertz CT molecular complexity index is 1530. The van der Waals surface area contributed by atoms with Crippen LogP contribution in [-0.2, 0) is 13.1 Å². The molecule has 0 unspecified atom stereocenters. The topological polar surface area (TPSA) is 95.2 Å². The highest BCUT2D eigenvalue weighted by molar-refractivity contribution is 5.86. The SMILES string of the molecule is O=c1n(CCNc2ccc(F)cc2F)c2ncn3nc(-c4ccco4)nc3c2n1CC1CC1. The first-order chi connectivity index (χ1) is 16.1. The molecule has 168 valence electrons. The predicted molar refractivity (Wildman–Crippen MR) is 116 cm³/mol. The second kappa shape index (κ2) is 7.54. The van der Waals surface area contributed by atoms with Crippen LogP contribution in [0.25, 0.3) is 28.4 Å². The summed E-state index contributed by atoms with van der Waals surface area (Å²) in [5.41, 5.74) is 1.56. The monoisotopic (exact) mass is 451 g/mol. The number of hydrogen-bond donors (Lipinski definition) is 1. The lowest BCUT2D eigenvalue weighted by molar-refractivity contribution is 0.577. The van der Waals surface area contributed by atoms with Crippen LogP contribution in [0.2, 0.25) is 0 Å². The number of imidazole rings is 1. The summed E-state index contributed by atoms with van der Waals surface area (Å²) >= 11 is 0. The van der Waals surface area contributed by atoms with E-state index in [0.29, 0.717) is 40.9 Å². The van der Waals surface area contributed by atoms with Crippen molar-refractivity contribution in [2.75, 3.05) is 11.9 Å². The quantitative estimate of drug-likeness (QED) is 0.408. The maximum Gasteiger partial charge on any atom is 0.330 e. The van der Waals surface area contributed by atoms with Crippen LogP contribution in [0.5, 0.6) is 0 Å². The van der Waals surface area contributed by atoms with E-state index in [1.54, 1.807) is 32.0 Å². The van der Waals surface area contributed by atoms with Crippen LogP contribution in [0.15, 0.2) is 52.1 Å². The molecule has 11 heteroatoms. The van der Waals surface area contributed by atoms with Gasteiger partial charge in [0.05, 0.1) is 12.0 Å². The van der Waals surface area contributed by atoms with Crippen molar-refractivity contribution < 1.29 is 13.2 Å². The molecule has 0 amide bonds. The van der Waals surface area contributed by atoms with Crippen molar-refractivity contribution in [1.82, 2.24) is 28.7 Å². The summed E-state index contributed by atoms with van der Waals surface area (Å²) in [6.07, 6.45) is 5.21. The number of nitrogens with zero attached hydrogens (tertiary/aromatic N) is 6. The molecular formula is C22H19F2N7O2. The van der Waals surface area contributed by atoms with E-state index in [4.69, 9.17) is 4.42 Å². The van der Waals surface area contributed by atoms with Gasteiger partial charge in [-0.1, -0.05) is 0 Å². The smallest absolute Gasteiger partial charge is 0.330 e. The molecule has 1 aromatic carbocycles. The third-order valence-corrected chi connectivity index (χ3v) is 5.79. The lowest BCUT2D eigenvalue weighted by Gasteiger charge is -2.08. The van der Waals surface area contributed by atoms with Gasteiger partial charge in [-0.05, 0) is 43.0 Å². The summed E-state index contributed by atoms with van der Waals surface area (Å²) in [4.78, 5) is 22.4. The summed E-state index contributed by atoms with van der Waals surface area (Å²) in [6, 6.07) is 6.85. The highest BCUT2D eigenvalue weighted by Gasteiger charge is 2.27. The lowest BCUT2D eigenvalue weighted by Crippen LogP contribution is -2.27. The van der Waals surface area contributed by atoms with Crippen molar-refractivity contribution in [3.8, 4) is 11.6 Å². The largest absolute Gasteiger partial charge is 0.461 e. The molecule has 1 N–H and O–H groups in total. The first-order valence-electron chi connectivity index (χ1n) is 10.7. The first-order valence-corrected chi connectivity index (χ1v) is 10.7. The number of rotatable bonds is 7. The summed E-state index contributed by atoms with van der Waals surface area (Å²) in [5, 5.41) is 7.36. The van der Waals surface area contributed by atoms with Crippen LogP contribution in [0.4, 0.5) is 14.5 Å². The van der Waals surface area contributed by atoms with Crippen molar-refractivity contribution >= 4 is 22.5 Å². The van der Waals surface area contributed by atoms with Crippen LogP contribution in [-0.4, -0.2) is 35.3 Å². The van der Waals surface area contributed by atoms with E-state index in [1.165, 1.54) is 18.5 Å². The molecule has 1 aliphatic rings. The zero-order valence-electron chi connectivity index (χ0n) is 17.4. The van der Waals surface area contributed by atoms with Crippen LogP contribution in [0, 0.1) is 17.6 Å². The molecule has 1 aliphatic carbocycles. The molecule has 5 aromatic rings. The van der Waals surface area contributed by atoms with Crippen LogP contribution >= 0.6 is 0 Å². The fourth-order valence-electron chi connectivity index (χ4n) is 3.98. The van der Waals surface area contributed by atoms with E-state index < -0.39 is 11.6 Å². The Morgan fingerprint density at radius 3 is 2.79 bits per heavy atom. The fraction of sp³-hybridized carbons (Fsp3) is 0.273. The highest BCUT2D eigenvalue weighted by atomic mass is 19.1. The number of hydrogen-bond acceptors (Lipinski definition) is 6. The van der Waals surface area contributed by atoms with Gasteiger partial charge in [-0.25, -0.2) is 23.5 Å². The Hall–Kier alpha value is -4.02. The molecule has 9 nitrogen and oxygen atoms in total. The Labute approximate surface area is 185 Å². The standard InChI is InChI=1S/C22H19F2N7O2/c23-14-5-6-16(15(24)10-14)25-7-8-29-20-18(30(22(29)32)11-13-3-4-13)21-27-19(17-2-1-9-33-17)28-31(21)12-26-20/h1-2,5-6,9-10,12-13,25H,3-4,7-8,11H2. The Morgan fingerprint density at radius 2 is 2.03 bits per heavy atom. The Kier molecular flexibility index (Phi) is 4.49. The summed E-state index contributed by atoms with van der Waals surface area (Å²) in [6.45, 7) is 1.07. The summed E-state index contributed by atoms with van der Waals surface area (Å²) < 4.78 is 37.3. The van der Waals surface area contributed by atoms with Crippen molar-refractivity contribution in [2.45, 2.75) is 25.9 Å². The van der Waals surface area contributed by atoms with Gasteiger partial charge in [0.1, 0.15) is 23.5 Å². The summed E-state index contributed by atoms with van der Waals surface area (Å²) in [7, 11) is 0. The minimum Gasteiger partial charge on any atom is -0.461 e. The molecule has 0 atom stereocenters. The third kappa shape index (κ3) is 3.45. The molecule has 0 saturated heterocycles. The number of fused-ring (bicyclic) bond motifs is 3. The fourth-order valence-corrected chi connectivity index (χ4v) is 3.98. The van der Waals surface area contributed by atoms with Gasteiger partial charge in [-0.2, -0.15) is 4.52 Å². The van der Waals surface area contributed by atoms with Gasteiger partial charge in [0.15, 0.2) is 17.1 Å². The molecule has 4 heterocycles. The molecular weight excluding hydrogens is 432 g/mol. The molecule has 0 aliphatic heterocycles. The van der Waals surface area contributed by atoms with E-state index >= 15 is 0 Å². The normalized spacial score (nSPS) is 13.9. The third-order valence-electron chi connectivity index (χ3n) is 5.79. The second-order valence-electron chi connectivity index (χ2n) is 8.14. The molecule has 0 bridgehead atoms. The minimum atomic E-state index is -0.688. The molecule has 1 fully saturated rings. The maximum absolute atomic E-state index is 13.9. The van der Waals surface area contributed by atoms with Gasteiger partial charge in [0.2, 0.25) is 5.82 Å². The van der Waals surface area contributed by atoms with Gasteiger partial charge < -0.3 is 9.73 Å². The van der Waals surface area contributed by atoms with Crippen molar-refractivity contribution in [3.05, 3.63) is 65.0 Å². The molecule has 0 spiro atoms. The highest BCUT2D eigenvalue weighted by Crippen LogP contribution is 2.32. The van der Waals surface area contributed by atoms with Crippen LogP contribution in [0.3, 0.4) is 0 Å². The molecule has 1 saturated carbocycles. The zero-order chi connectivity index (χ0) is 22.5. The summed E-state index contributed by atoms with van der Waals surface area (Å²) in [5.74, 6) is 0.0369. The van der Waals surface area contributed by atoms with Crippen molar-refractivity contribution in [1.29, 1.82) is 0 Å². The molecule has 0 radical (unpaired) electrons. The van der Waals surface area contributed by atoms with Crippen molar-refractivity contribution in [2.24, 2.45) is 5.92 Å². The van der Waals surface area contributed by atoms with Gasteiger partial charge in [-0.15, -0.1) is 5.10 Å². The first kappa shape index (κ1) is 19.6. The average molecular weight is 451 g/mol. The number of anilines is 1. The van der Waals surface area contributed by atoms with E-state index in [2.05, 4.69) is 20.4 Å². The zero-order valence-corrected chi connectivity index (χ0v) is 17.4. The predicted octanol–water partition coefficient (Wildman–Crippen LogP) is 3.30. The van der Waals surface area contributed by atoms with E-state index in [1.807, 2.05) is 0 Å². The van der Waals surface area contributed by atoms with Gasteiger partial charge >= 0.3 is 5.69 Å². The number of nitrogens with one attached hydrogen (secondary N) is 1. The number of halogens is 2. The average Bonchev–Trinajstić information content (AvgIpc) is 3.19. The van der Waals surface area contributed by atoms with Gasteiger partial charge in [-0.3, -0.25) is 9.13 Å². The number of aromatic nitrogens is 6. The second-order valence-corrected chi connectivity index (χ2v) is 8.14. The molecule has 33 heavy (non-hydrogen) atoms. The lowest BCUT2D eigenvalue weighted by atomic mass is 10.3. The van der Waals surface area contributed by atoms with Gasteiger partial charge in [0, 0.05) is 25.7 Å². The van der Waals surface area contributed by atoms with E-state index in [9.17, 15) is 13.6 Å². The van der Waals surface area contributed by atoms with Crippen molar-refractivity contribution in [3.63, 3.8) is 0 Å². The Morgan fingerprint density at radius 1 is 1.15 bits per heavy atom. The number of benzene rings is 1. The van der Waals surface area contributed by atoms with E-state index in [0.717, 1.165) is 18.9 Å². The van der Waals surface area contributed by atoms with Gasteiger partial charge in [0.25, 0.3) is 0 Å². The van der Waals surface area contributed by atoms with Crippen LogP contribution in [0.1, 0.15) is 12.8 Å². The Balaban J connectivity index is 1.40. The van der Waals surface area contributed by atoms with Crippen LogP contribution < -0.4 is 11.0 Å². The minimum absolute atomic E-state index is 0.169. The maximum atomic E-state index is 13.9. The van der Waals surface area contributed by atoms with E-state index in [-0.39, 0.29) is 24.5 Å². The molecule has 6 rings (SSSR count). The number of furan rings is 1.